The van der Waals surface area contributed by atoms with E-state index >= 15 is 0 Å². The van der Waals surface area contributed by atoms with Crippen LogP contribution in [-0.2, 0) is 9.31 Å². The third-order valence-corrected chi connectivity index (χ3v) is 7.69. The summed E-state index contributed by atoms with van der Waals surface area (Å²) < 4.78 is 12.6. The van der Waals surface area contributed by atoms with Crippen LogP contribution in [0.4, 0.5) is 0 Å². The molecule has 6 rings (SSSR count). The van der Waals surface area contributed by atoms with E-state index in [4.69, 9.17) is 9.31 Å². The number of benzene rings is 5. The Morgan fingerprint density at radius 1 is 0.543 bits per heavy atom. The monoisotopic (exact) mass is 456 g/mol. The fourth-order valence-electron chi connectivity index (χ4n) is 4.99. The number of hydrogen-bond acceptors (Lipinski definition) is 2. The Bertz CT molecular complexity index is 1540. The summed E-state index contributed by atoms with van der Waals surface area (Å²) in [7, 11) is -0.353. The van der Waals surface area contributed by atoms with E-state index in [0.29, 0.717) is 0 Å². The lowest BCUT2D eigenvalue weighted by atomic mass is 9.78. The molecule has 0 amide bonds. The molecule has 0 saturated carbocycles. The maximum Gasteiger partial charge on any atom is 0.494 e. The Morgan fingerprint density at radius 2 is 1.17 bits per heavy atom. The van der Waals surface area contributed by atoms with Crippen molar-refractivity contribution >= 4 is 34.1 Å². The SMILES string of the molecule is CC1(C)OB(c2ccc3cc(-c4ccc5ccccc5c4-c4ccccc4)ccc3c2)OC1(C)C. The van der Waals surface area contributed by atoms with Gasteiger partial charge in [0.25, 0.3) is 0 Å². The largest absolute Gasteiger partial charge is 0.494 e. The average molecular weight is 456 g/mol. The zero-order valence-electron chi connectivity index (χ0n) is 20.7. The summed E-state index contributed by atoms with van der Waals surface area (Å²) in [4.78, 5) is 0. The lowest BCUT2D eigenvalue weighted by molar-refractivity contribution is 0.00578. The van der Waals surface area contributed by atoms with Crippen molar-refractivity contribution in [2.45, 2.75) is 38.9 Å². The zero-order valence-corrected chi connectivity index (χ0v) is 20.7. The molecule has 0 aromatic heterocycles. The van der Waals surface area contributed by atoms with Crippen molar-refractivity contribution < 1.29 is 9.31 Å². The van der Waals surface area contributed by atoms with E-state index in [-0.39, 0.29) is 18.3 Å². The molecule has 0 atom stereocenters. The van der Waals surface area contributed by atoms with Gasteiger partial charge in [-0.25, -0.2) is 0 Å². The van der Waals surface area contributed by atoms with Gasteiger partial charge in [0.1, 0.15) is 0 Å². The van der Waals surface area contributed by atoms with E-state index in [1.54, 1.807) is 0 Å². The molecule has 172 valence electrons. The first kappa shape index (κ1) is 22.1. The van der Waals surface area contributed by atoms with Gasteiger partial charge in [0.05, 0.1) is 11.2 Å². The second-order valence-electron chi connectivity index (χ2n) is 10.5. The molecule has 5 aromatic rings. The second-order valence-corrected chi connectivity index (χ2v) is 10.5. The summed E-state index contributed by atoms with van der Waals surface area (Å²) in [5.41, 5.74) is 5.32. The van der Waals surface area contributed by atoms with Crippen LogP contribution in [0, 0.1) is 0 Å². The van der Waals surface area contributed by atoms with Crippen LogP contribution in [0.15, 0.2) is 103 Å². The third kappa shape index (κ3) is 3.76. The molecule has 35 heavy (non-hydrogen) atoms. The van der Waals surface area contributed by atoms with Crippen LogP contribution >= 0.6 is 0 Å². The maximum absolute atomic E-state index is 6.28. The molecule has 5 aromatic carbocycles. The summed E-state index contributed by atoms with van der Waals surface area (Å²) in [5, 5.41) is 4.91. The van der Waals surface area contributed by atoms with E-state index in [2.05, 4.69) is 131 Å². The average Bonchev–Trinajstić information content (AvgIpc) is 3.09. The Balaban J connectivity index is 1.45. The Morgan fingerprint density at radius 3 is 1.94 bits per heavy atom. The van der Waals surface area contributed by atoms with Crippen molar-refractivity contribution in [2.75, 3.05) is 0 Å². The normalized spacial score (nSPS) is 16.7. The minimum atomic E-state index is -0.353. The van der Waals surface area contributed by atoms with Gasteiger partial charge in [-0.05, 0) is 83.0 Å². The lowest BCUT2D eigenvalue weighted by Crippen LogP contribution is -2.41. The van der Waals surface area contributed by atoms with Crippen LogP contribution in [-0.4, -0.2) is 18.3 Å². The first-order valence-electron chi connectivity index (χ1n) is 12.3. The van der Waals surface area contributed by atoms with Crippen LogP contribution in [0.2, 0.25) is 0 Å². The molecule has 2 nitrogen and oxygen atoms in total. The Labute approximate surface area is 207 Å². The molecule has 1 fully saturated rings. The predicted octanol–water partition coefficient (Wildman–Crippen LogP) is 7.63. The molecular formula is C32H29BO2. The van der Waals surface area contributed by atoms with Crippen molar-refractivity contribution in [2.24, 2.45) is 0 Å². The van der Waals surface area contributed by atoms with Crippen LogP contribution in [0.1, 0.15) is 27.7 Å². The molecule has 0 unspecified atom stereocenters. The molecule has 1 heterocycles. The first-order valence-corrected chi connectivity index (χ1v) is 12.3. The maximum atomic E-state index is 6.28. The van der Waals surface area contributed by atoms with Crippen molar-refractivity contribution in [1.29, 1.82) is 0 Å². The van der Waals surface area contributed by atoms with E-state index in [1.807, 2.05) is 0 Å². The minimum absolute atomic E-state index is 0.347. The molecule has 3 heteroatoms. The van der Waals surface area contributed by atoms with Gasteiger partial charge in [-0.1, -0.05) is 97.1 Å². The second kappa shape index (κ2) is 8.08. The van der Waals surface area contributed by atoms with Crippen molar-refractivity contribution in [3.63, 3.8) is 0 Å². The third-order valence-electron chi connectivity index (χ3n) is 7.69. The smallest absolute Gasteiger partial charge is 0.399 e. The van der Waals surface area contributed by atoms with Gasteiger partial charge in [-0.15, -0.1) is 0 Å². The van der Waals surface area contributed by atoms with Crippen molar-refractivity contribution in [1.82, 2.24) is 0 Å². The molecule has 1 aliphatic heterocycles. The van der Waals surface area contributed by atoms with Gasteiger partial charge in [0.2, 0.25) is 0 Å². The molecule has 1 saturated heterocycles. The summed E-state index contributed by atoms with van der Waals surface area (Å²) in [5.74, 6) is 0. The molecule has 1 aliphatic rings. The molecule has 0 aliphatic carbocycles. The van der Waals surface area contributed by atoms with E-state index in [0.717, 1.165) is 5.46 Å². The highest BCUT2D eigenvalue weighted by Gasteiger charge is 2.51. The van der Waals surface area contributed by atoms with Gasteiger partial charge in [-0.3, -0.25) is 0 Å². The molecule has 0 radical (unpaired) electrons. The highest BCUT2D eigenvalue weighted by atomic mass is 16.7. The van der Waals surface area contributed by atoms with Gasteiger partial charge >= 0.3 is 7.12 Å². The number of rotatable bonds is 3. The van der Waals surface area contributed by atoms with E-state index in [9.17, 15) is 0 Å². The first-order chi connectivity index (χ1) is 16.8. The van der Waals surface area contributed by atoms with Crippen LogP contribution in [0.25, 0.3) is 43.8 Å². The highest BCUT2D eigenvalue weighted by Crippen LogP contribution is 2.39. The molecule has 0 bridgehead atoms. The summed E-state index contributed by atoms with van der Waals surface area (Å²) in [6.45, 7) is 8.37. The Kier molecular flexibility index (Phi) is 5.10. The number of hydrogen-bond donors (Lipinski definition) is 0. The van der Waals surface area contributed by atoms with Crippen LogP contribution in [0.3, 0.4) is 0 Å². The van der Waals surface area contributed by atoms with Gasteiger partial charge < -0.3 is 9.31 Å². The fraction of sp³-hybridized carbons (Fsp3) is 0.188. The summed E-state index contributed by atoms with van der Waals surface area (Å²) >= 11 is 0. The molecular weight excluding hydrogens is 427 g/mol. The van der Waals surface area contributed by atoms with Gasteiger partial charge in [0.15, 0.2) is 0 Å². The summed E-state index contributed by atoms with van der Waals surface area (Å²) in [6, 6.07) is 37.0. The van der Waals surface area contributed by atoms with Crippen molar-refractivity contribution in [3.8, 4) is 22.3 Å². The summed E-state index contributed by atoms with van der Waals surface area (Å²) in [6.07, 6.45) is 0. The lowest BCUT2D eigenvalue weighted by Gasteiger charge is -2.32. The molecule has 0 spiro atoms. The highest BCUT2D eigenvalue weighted by molar-refractivity contribution is 6.62. The standard InChI is InChI=1S/C32H29BO2/c1-31(2)32(3,4)35-33(34-31)27-18-16-24-20-26(15-14-25(24)21-27)29-19-17-22-10-8-9-13-28(22)30(29)23-11-6-5-7-12-23/h5-21H,1-4H3. The van der Waals surface area contributed by atoms with Gasteiger partial charge in [0, 0.05) is 0 Å². The van der Waals surface area contributed by atoms with Crippen LogP contribution < -0.4 is 5.46 Å². The quantitative estimate of drug-likeness (QED) is 0.260. The zero-order chi connectivity index (χ0) is 24.2. The predicted molar refractivity (Wildman–Crippen MR) is 148 cm³/mol. The number of fused-ring (bicyclic) bond motifs is 2. The van der Waals surface area contributed by atoms with Gasteiger partial charge in [-0.2, -0.15) is 0 Å². The van der Waals surface area contributed by atoms with Crippen molar-refractivity contribution in [3.05, 3.63) is 103 Å². The molecule has 0 N–H and O–H groups in total. The fourth-order valence-corrected chi connectivity index (χ4v) is 4.99. The topological polar surface area (TPSA) is 18.5 Å². The van der Waals surface area contributed by atoms with Crippen LogP contribution in [0.5, 0.6) is 0 Å². The Hall–Kier alpha value is -3.40. The van der Waals surface area contributed by atoms with E-state index < -0.39 is 0 Å². The van der Waals surface area contributed by atoms with E-state index in [1.165, 1.54) is 43.8 Å². The minimum Gasteiger partial charge on any atom is -0.399 e.